The zero-order valence-corrected chi connectivity index (χ0v) is 8.72. The molecule has 0 aliphatic rings. The smallest absolute Gasteiger partial charge is 0.158 e. The summed E-state index contributed by atoms with van der Waals surface area (Å²) in [7, 11) is 0. The van der Waals surface area contributed by atoms with Crippen molar-refractivity contribution in [2.75, 3.05) is 6.61 Å². The third-order valence-electron chi connectivity index (χ3n) is 2.16. The Morgan fingerprint density at radius 2 is 1.46 bits per heavy atom. The maximum Gasteiger partial charge on any atom is 0.158 e. The molecule has 0 bridgehead atoms. The van der Waals surface area contributed by atoms with Crippen LogP contribution in [-0.4, -0.2) is 6.61 Å². The molecule has 0 spiro atoms. The molecule has 78 valence electrons. The highest BCUT2D eigenvalue weighted by Gasteiger charge is 1.91. The van der Waals surface area contributed by atoms with Crippen LogP contribution in [0.25, 0.3) is 5.53 Å². The Morgan fingerprint density at radius 1 is 0.923 bits per heavy atom. The topological polar surface area (TPSA) is 45.5 Å². The SMILES string of the molecule is CCCCCCCCCCO[NH+]=[N-]. The first kappa shape index (κ1) is 12.4. The van der Waals surface area contributed by atoms with Gasteiger partial charge in [-0.3, -0.25) is 4.84 Å². The van der Waals surface area contributed by atoms with Crippen LogP contribution in [0, 0.1) is 0 Å². The molecule has 13 heavy (non-hydrogen) atoms. The summed E-state index contributed by atoms with van der Waals surface area (Å²) in [5.74, 6) is 0. The van der Waals surface area contributed by atoms with Crippen molar-refractivity contribution in [2.24, 2.45) is 0 Å². The quantitative estimate of drug-likeness (QED) is 0.317. The minimum atomic E-state index is 0.603. The van der Waals surface area contributed by atoms with Crippen LogP contribution in [0.2, 0.25) is 0 Å². The van der Waals surface area contributed by atoms with Gasteiger partial charge >= 0.3 is 0 Å². The van der Waals surface area contributed by atoms with Crippen molar-refractivity contribution in [3.05, 3.63) is 5.53 Å². The molecule has 0 rings (SSSR count). The summed E-state index contributed by atoms with van der Waals surface area (Å²) >= 11 is 0. The Morgan fingerprint density at radius 3 is 2.00 bits per heavy atom. The average Bonchev–Trinajstić information content (AvgIpc) is 2.16. The van der Waals surface area contributed by atoms with Crippen LogP contribution in [0.15, 0.2) is 0 Å². The fraction of sp³-hybridized carbons (Fsp3) is 1.00. The molecule has 0 aliphatic heterocycles. The summed E-state index contributed by atoms with van der Waals surface area (Å²) in [6, 6.07) is 0. The van der Waals surface area contributed by atoms with Crippen LogP contribution >= 0.6 is 0 Å². The van der Waals surface area contributed by atoms with Crippen LogP contribution in [0.4, 0.5) is 0 Å². The second-order valence-corrected chi connectivity index (χ2v) is 3.41. The second-order valence-electron chi connectivity index (χ2n) is 3.41. The van der Waals surface area contributed by atoms with E-state index in [1.165, 1.54) is 44.9 Å². The molecule has 1 N–H and O–H groups in total. The molecule has 0 aromatic carbocycles. The van der Waals surface area contributed by atoms with Gasteiger partial charge in [-0.15, -0.1) is 5.28 Å². The molecule has 0 aliphatic carbocycles. The first-order valence-electron chi connectivity index (χ1n) is 5.42. The molecule has 0 radical (unpaired) electrons. The monoisotopic (exact) mass is 186 g/mol. The Kier molecular flexibility index (Phi) is 10.9. The third kappa shape index (κ3) is 11.4. The number of rotatable bonds is 10. The number of hydrogen-bond acceptors (Lipinski definition) is 1. The van der Waals surface area contributed by atoms with Gasteiger partial charge in [0.2, 0.25) is 0 Å². The van der Waals surface area contributed by atoms with Gasteiger partial charge < -0.3 is 5.53 Å². The van der Waals surface area contributed by atoms with E-state index in [1.54, 1.807) is 5.28 Å². The predicted molar refractivity (Wildman–Crippen MR) is 52.9 cm³/mol. The molecule has 3 heteroatoms. The van der Waals surface area contributed by atoms with Crippen LogP contribution in [-0.2, 0) is 4.84 Å². The fourth-order valence-corrected chi connectivity index (χ4v) is 1.35. The van der Waals surface area contributed by atoms with Crippen LogP contribution < -0.4 is 5.28 Å². The van der Waals surface area contributed by atoms with Gasteiger partial charge in [-0.1, -0.05) is 45.4 Å². The fourth-order valence-electron chi connectivity index (χ4n) is 1.35. The Hall–Kier alpha value is -0.600. The number of nitrogens with zero attached hydrogens (tertiary/aromatic N) is 1. The number of nitrogens with one attached hydrogen (secondary N) is 1. The van der Waals surface area contributed by atoms with Gasteiger partial charge in [-0.25, -0.2) is 0 Å². The van der Waals surface area contributed by atoms with Crippen LogP contribution in [0.1, 0.15) is 58.3 Å². The lowest BCUT2D eigenvalue weighted by atomic mass is 10.1. The molecule has 0 fully saturated rings. The highest BCUT2D eigenvalue weighted by atomic mass is 16.6. The minimum Gasteiger partial charge on any atom is -0.453 e. The zero-order chi connectivity index (χ0) is 9.78. The van der Waals surface area contributed by atoms with Crippen molar-refractivity contribution < 1.29 is 10.1 Å². The summed E-state index contributed by atoms with van der Waals surface area (Å²) in [5.41, 5.74) is 8.09. The normalized spacial score (nSPS) is 9.92. The van der Waals surface area contributed by atoms with E-state index in [9.17, 15) is 0 Å². The Balaban J connectivity index is 2.79. The van der Waals surface area contributed by atoms with Crippen molar-refractivity contribution >= 4 is 0 Å². The number of hydrogen-bond donors (Lipinski definition) is 1. The molecular weight excluding hydrogens is 164 g/mol. The summed E-state index contributed by atoms with van der Waals surface area (Å²) in [5, 5.41) is 1.69. The zero-order valence-electron chi connectivity index (χ0n) is 8.72. The van der Waals surface area contributed by atoms with E-state index in [-0.39, 0.29) is 0 Å². The lowest BCUT2D eigenvalue weighted by Gasteiger charge is -1.99. The standard InChI is InChI=1S/C10H22N2O/c1-2-3-4-5-6-7-8-9-10-13-12-11/h12H,2-10H2,1H3. The van der Waals surface area contributed by atoms with Crippen molar-refractivity contribution in [3.8, 4) is 0 Å². The predicted octanol–water partition coefficient (Wildman–Crippen LogP) is 2.16. The molecule has 0 aromatic rings. The van der Waals surface area contributed by atoms with Gasteiger partial charge in [0.05, 0.1) is 0 Å². The van der Waals surface area contributed by atoms with Gasteiger partial charge in [0.25, 0.3) is 0 Å². The highest BCUT2D eigenvalue weighted by molar-refractivity contribution is 4.44. The first-order valence-corrected chi connectivity index (χ1v) is 5.42. The molecule has 0 unspecified atom stereocenters. The van der Waals surface area contributed by atoms with Gasteiger partial charge in [-0.2, -0.15) is 0 Å². The molecule has 0 aromatic heterocycles. The van der Waals surface area contributed by atoms with Crippen LogP contribution in [0.5, 0.6) is 0 Å². The van der Waals surface area contributed by atoms with E-state index < -0.39 is 0 Å². The van der Waals surface area contributed by atoms with E-state index in [0.717, 1.165) is 6.42 Å². The number of unbranched alkanes of at least 4 members (excludes halogenated alkanes) is 7. The van der Waals surface area contributed by atoms with Crippen molar-refractivity contribution in [1.82, 2.24) is 0 Å². The molecular formula is C10H22N2O. The first-order chi connectivity index (χ1) is 6.41. The largest absolute Gasteiger partial charge is 0.453 e. The maximum atomic E-state index is 8.09. The van der Waals surface area contributed by atoms with Gasteiger partial charge in [-0.05, 0) is 12.8 Å². The minimum absolute atomic E-state index is 0.603. The molecule has 3 nitrogen and oxygen atoms in total. The molecule has 0 saturated heterocycles. The van der Waals surface area contributed by atoms with E-state index in [0.29, 0.717) is 6.61 Å². The van der Waals surface area contributed by atoms with E-state index in [2.05, 4.69) is 11.8 Å². The van der Waals surface area contributed by atoms with E-state index in [1.807, 2.05) is 0 Å². The van der Waals surface area contributed by atoms with Gasteiger partial charge in [0, 0.05) is 0 Å². The third-order valence-corrected chi connectivity index (χ3v) is 2.16. The van der Waals surface area contributed by atoms with Crippen molar-refractivity contribution in [2.45, 2.75) is 58.3 Å². The summed E-state index contributed by atoms with van der Waals surface area (Å²) in [6.07, 6.45) is 10.3. The van der Waals surface area contributed by atoms with Crippen molar-refractivity contribution in [3.63, 3.8) is 0 Å². The lowest BCUT2D eigenvalue weighted by molar-refractivity contribution is -0.770. The maximum absolute atomic E-state index is 8.09. The van der Waals surface area contributed by atoms with E-state index in [4.69, 9.17) is 5.53 Å². The van der Waals surface area contributed by atoms with Crippen molar-refractivity contribution in [1.29, 1.82) is 0 Å². The highest BCUT2D eigenvalue weighted by Crippen LogP contribution is 2.07. The van der Waals surface area contributed by atoms with Gasteiger partial charge in [0.1, 0.15) is 0 Å². The summed E-state index contributed by atoms with van der Waals surface area (Å²) in [4.78, 5) is 4.58. The average molecular weight is 186 g/mol. The Labute approximate surface area is 81.3 Å². The molecule has 0 atom stereocenters. The summed E-state index contributed by atoms with van der Waals surface area (Å²) in [6.45, 7) is 2.84. The Bertz CT molecular complexity index is 107. The summed E-state index contributed by atoms with van der Waals surface area (Å²) < 4.78 is 0. The van der Waals surface area contributed by atoms with E-state index >= 15 is 0 Å². The lowest BCUT2D eigenvalue weighted by Crippen LogP contribution is -2.61. The molecule has 0 amide bonds. The van der Waals surface area contributed by atoms with Gasteiger partial charge in [0.15, 0.2) is 6.61 Å². The molecule has 0 heterocycles. The van der Waals surface area contributed by atoms with Crippen LogP contribution in [0.3, 0.4) is 0 Å². The molecule has 0 saturated carbocycles. The second kappa shape index (κ2) is 11.4.